The van der Waals surface area contributed by atoms with Crippen LogP contribution in [0.4, 0.5) is 0 Å². The van der Waals surface area contributed by atoms with Gasteiger partial charge in [0.15, 0.2) is 0 Å². The van der Waals surface area contributed by atoms with Crippen molar-refractivity contribution in [3.8, 4) is 0 Å². The minimum atomic E-state index is 0.524. The maximum absolute atomic E-state index is 4.55. The number of nitrogens with one attached hydrogen (secondary N) is 1. The molecule has 1 N–H and O–H groups in total. The van der Waals surface area contributed by atoms with E-state index in [0.29, 0.717) is 5.92 Å². The fourth-order valence-corrected chi connectivity index (χ4v) is 4.20. The van der Waals surface area contributed by atoms with Crippen molar-refractivity contribution in [2.24, 2.45) is 16.0 Å². The van der Waals surface area contributed by atoms with Gasteiger partial charge in [-0.2, -0.15) is 5.10 Å². The van der Waals surface area contributed by atoms with Crippen LogP contribution in [0.3, 0.4) is 0 Å². The van der Waals surface area contributed by atoms with E-state index in [1.165, 1.54) is 15.0 Å². The average molecular weight is 332 g/mol. The van der Waals surface area contributed by atoms with Crippen molar-refractivity contribution >= 4 is 45.5 Å². The number of hydrogen-bond donors (Lipinski definition) is 1. The van der Waals surface area contributed by atoms with Crippen molar-refractivity contribution < 1.29 is 0 Å². The van der Waals surface area contributed by atoms with E-state index in [1.54, 1.807) is 23.3 Å². The van der Waals surface area contributed by atoms with Gasteiger partial charge in [0.25, 0.3) is 0 Å². The third-order valence-electron chi connectivity index (χ3n) is 3.60. The van der Waals surface area contributed by atoms with E-state index in [2.05, 4.69) is 51.4 Å². The Morgan fingerprint density at radius 1 is 1.45 bits per heavy atom. The Kier molecular flexibility index (Phi) is 5.00. The van der Waals surface area contributed by atoms with Crippen molar-refractivity contribution in [1.29, 1.82) is 0 Å². The predicted octanol–water partition coefficient (Wildman–Crippen LogP) is 4.20. The fourth-order valence-electron chi connectivity index (χ4n) is 2.32. The molecular formula is C16H20N4S2. The van der Waals surface area contributed by atoms with Gasteiger partial charge in [0, 0.05) is 39.0 Å². The van der Waals surface area contributed by atoms with Gasteiger partial charge in [0.2, 0.25) is 5.96 Å². The molecule has 0 saturated heterocycles. The number of nitrogens with zero attached hydrogens (tertiary/aromatic N) is 3. The lowest BCUT2D eigenvalue weighted by atomic mass is 10.1. The minimum Gasteiger partial charge on any atom is -0.295 e. The molecule has 1 aliphatic heterocycles. The normalized spacial score (nSPS) is 18.4. The van der Waals surface area contributed by atoms with Gasteiger partial charge in [0.1, 0.15) is 0 Å². The van der Waals surface area contributed by atoms with Crippen LogP contribution in [0.5, 0.6) is 0 Å². The molecule has 4 nitrogen and oxygen atoms in total. The van der Waals surface area contributed by atoms with E-state index in [-0.39, 0.29) is 0 Å². The Morgan fingerprint density at radius 2 is 2.32 bits per heavy atom. The van der Waals surface area contributed by atoms with Crippen molar-refractivity contribution in [1.82, 2.24) is 9.73 Å². The van der Waals surface area contributed by atoms with Crippen LogP contribution in [0.15, 0.2) is 44.6 Å². The van der Waals surface area contributed by atoms with Crippen LogP contribution in [-0.4, -0.2) is 30.3 Å². The molecule has 0 fully saturated rings. The first kappa shape index (κ1) is 15.4. The molecule has 2 heterocycles. The van der Waals surface area contributed by atoms with Crippen LogP contribution < -0.4 is 4.72 Å². The van der Waals surface area contributed by atoms with E-state index >= 15 is 0 Å². The maximum Gasteiger partial charge on any atom is 0.225 e. The van der Waals surface area contributed by atoms with Crippen LogP contribution in [0.2, 0.25) is 0 Å². The van der Waals surface area contributed by atoms with E-state index in [9.17, 15) is 0 Å². The monoisotopic (exact) mass is 332 g/mol. The van der Waals surface area contributed by atoms with Gasteiger partial charge in [0.05, 0.1) is 6.54 Å². The second kappa shape index (κ2) is 7.15. The van der Waals surface area contributed by atoms with Crippen LogP contribution in [0.25, 0.3) is 10.1 Å². The number of thiophene rings is 1. The second-order valence-corrected chi connectivity index (χ2v) is 6.87. The summed E-state index contributed by atoms with van der Waals surface area (Å²) in [6.45, 7) is 5.89. The van der Waals surface area contributed by atoms with Crippen LogP contribution in [-0.2, 0) is 0 Å². The summed E-state index contributed by atoms with van der Waals surface area (Å²) in [7, 11) is 0. The van der Waals surface area contributed by atoms with Gasteiger partial charge in [-0.1, -0.05) is 25.1 Å². The molecule has 0 aliphatic carbocycles. The number of rotatable bonds is 4. The number of fused-ring (bicyclic) bond motifs is 1. The first-order valence-corrected chi connectivity index (χ1v) is 9.26. The Morgan fingerprint density at radius 3 is 3.09 bits per heavy atom. The third kappa shape index (κ3) is 3.28. The number of aliphatic imine (C=N–C) groups is 1. The molecule has 1 unspecified atom stereocenters. The van der Waals surface area contributed by atoms with Gasteiger partial charge in [-0.05, 0) is 31.4 Å². The molecule has 1 aliphatic rings. The van der Waals surface area contributed by atoms with Gasteiger partial charge in [-0.3, -0.25) is 9.71 Å². The molecule has 3 rings (SSSR count). The molecule has 2 aromatic rings. The highest BCUT2D eigenvalue weighted by atomic mass is 32.2. The summed E-state index contributed by atoms with van der Waals surface area (Å²) in [4.78, 5) is 5.79. The predicted molar refractivity (Wildman–Crippen MR) is 97.8 cm³/mol. The average Bonchev–Trinajstić information content (AvgIpc) is 3.18. The lowest BCUT2D eigenvalue weighted by Gasteiger charge is -2.18. The zero-order valence-electron chi connectivity index (χ0n) is 12.8. The molecule has 0 amide bonds. The summed E-state index contributed by atoms with van der Waals surface area (Å²) in [6, 6.07) is 8.47. The van der Waals surface area contributed by atoms with Crippen molar-refractivity contribution in [2.45, 2.75) is 25.2 Å². The lowest BCUT2D eigenvalue weighted by Crippen LogP contribution is -2.34. The Labute approximate surface area is 139 Å². The van der Waals surface area contributed by atoms with E-state index in [0.717, 1.165) is 25.5 Å². The number of benzene rings is 1. The summed E-state index contributed by atoms with van der Waals surface area (Å²) in [5, 5.41) is 9.92. The molecule has 1 atom stereocenters. The minimum absolute atomic E-state index is 0.524. The van der Waals surface area contributed by atoms with Crippen LogP contribution in [0, 0.1) is 5.92 Å². The van der Waals surface area contributed by atoms with Crippen molar-refractivity contribution in [3.05, 3.63) is 29.6 Å². The highest BCUT2D eigenvalue weighted by Crippen LogP contribution is 2.31. The first-order chi connectivity index (χ1) is 10.8. The number of guanidine groups is 1. The molecule has 0 bridgehead atoms. The van der Waals surface area contributed by atoms with E-state index in [4.69, 9.17) is 0 Å². The molecular weight excluding hydrogens is 312 g/mol. The molecule has 22 heavy (non-hydrogen) atoms. The SMILES string of the molecule is CCN=C(NSc1csc2ccccc12)N1CC(CC)C=N1. The number of hydrogen-bond acceptors (Lipinski definition) is 4. The largest absolute Gasteiger partial charge is 0.295 e. The van der Waals surface area contributed by atoms with E-state index in [1.807, 2.05) is 18.1 Å². The zero-order chi connectivity index (χ0) is 15.4. The van der Waals surface area contributed by atoms with Gasteiger partial charge in [-0.15, -0.1) is 11.3 Å². The molecule has 0 radical (unpaired) electrons. The van der Waals surface area contributed by atoms with Gasteiger partial charge < -0.3 is 0 Å². The molecule has 0 saturated carbocycles. The Hall–Kier alpha value is -1.53. The first-order valence-electron chi connectivity index (χ1n) is 7.57. The van der Waals surface area contributed by atoms with Crippen LogP contribution >= 0.6 is 23.3 Å². The summed E-state index contributed by atoms with van der Waals surface area (Å²) in [6.07, 6.45) is 3.14. The van der Waals surface area contributed by atoms with Gasteiger partial charge >= 0.3 is 0 Å². The standard InChI is InChI=1S/C16H20N4S2/c1-3-12-9-18-20(10-12)16(17-4-2)19-22-15-11-21-14-8-6-5-7-13(14)15/h5-9,11-12H,3-4,10H2,1-2H3,(H,17,19). The van der Waals surface area contributed by atoms with Crippen molar-refractivity contribution in [3.63, 3.8) is 0 Å². The molecule has 1 aromatic heterocycles. The molecule has 116 valence electrons. The summed E-state index contributed by atoms with van der Waals surface area (Å²) in [5.41, 5.74) is 0. The summed E-state index contributed by atoms with van der Waals surface area (Å²) < 4.78 is 4.70. The number of hydrazone groups is 1. The topological polar surface area (TPSA) is 40.0 Å². The smallest absolute Gasteiger partial charge is 0.225 e. The van der Waals surface area contributed by atoms with Gasteiger partial charge in [-0.25, -0.2) is 5.01 Å². The highest BCUT2D eigenvalue weighted by molar-refractivity contribution is 7.98. The maximum atomic E-state index is 4.55. The van der Waals surface area contributed by atoms with E-state index < -0.39 is 0 Å². The zero-order valence-corrected chi connectivity index (χ0v) is 14.5. The third-order valence-corrected chi connectivity index (χ3v) is 5.55. The Balaban J connectivity index is 1.70. The molecule has 0 spiro atoms. The van der Waals surface area contributed by atoms with Crippen molar-refractivity contribution in [2.75, 3.05) is 13.1 Å². The summed E-state index contributed by atoms with van der Waals surface area (Å²) in [5.74, 6) is 1.37. The van der Waals surface area contributed by atoms with Crippen LogP contribution in [0.1, 0.15) is 20.3 Å². The quantitative estimate of drug-likeness (QED) is 0.518. The second-order valence-electron chi connectivity index (χ2n) is 5.11. The summed E-state index contributed by atoms with van der Waals surface area (Å²) >= 11 is 3.39. The molecule has 1 aromatic carbocycles. The highest BCUT2D eigenvalue weighted by Gasteiger charge is 2.20. The lowest BCUT2D eigenvalue weighted by molar-refractivity contribution is 0.431. The fraction of sp³-hybridized carbons (Fsp3) is 0.375. The Bertz CT molecular complexity index is 692. The molecule has 6 heteroatoms.